The SMILES string of the molecule is CNc1ncc([N+](=O)[O-])c(Oc2cc(Br)ccc2C)n1. The molecular weight excluding hydrogens is 328 g/mol. The minimum absolute atomic E-state index is 0.101. The highest BCUT2D eigenvalue weighted by atomic mass is 79.9. The molecule has 1 N–H and O–H groups in total. The maximum atomic E-state index is 11.0. The number of ether oxygens (including phenoxy) is 1. The van der Waals surface area contributed by atoms with Crippen molar-refractivity contribution >= 4 is 27.6 Å². The number of benzene rings is 1. The zero-order valence-corrected chi connectivity index (χ0v) is 12.3. The van der Waals surface area contributed by atoms with Gasteiger partial charge in [0.1, 0.15) is 11.9 Å². The van der Waals surface area contributed by atoms with Gasteiger partial charge >= 0.3 is 11.6 Å². The number of hydrogen-bond acceptors (Lipinski definition) is 6. The van der Waals surface area contributed by atoms with Crippen molar-refractivity contribution in [1.82, 2.24) is 9.97 Å². The summed E-state index contributed by atoms with van der Waals surface area (Å²) in [4.78, 5) is 18.2. The Balaban J connectivity index is 2.45. The lowest BCUT2D eigenvalue weighted by atomic mass is 10.2. The van der Waals surface area contributed by atoms with Crippen LogP contribution in [-0.2, 0) is 0 Å². The second kappa shape index (κ2) is 5.83. The Labute approximate surface area is 123 Å². The molecule has 0 aliphatic rings. The molecule has 2 aromatic rings. The van der Waals surface area contributed by atoms with Gasteiger partial charge in [0.15, 0.2) is 0 Å². The molecule has 1 heterocycles. The highest BCUT2D eigenvalue weighted by Crippen LogP contribution is 2.32. The zero-order valence-electron chi connectivity index (χ0n) is 10.8. The van der Waals surface area contributed by atoms with Gasteiger partial charge in [-0.25, -0.2) is 4.98 Å². The molecule has 0 aliphatic heterocycles. The smallest absolute Gasteiger partial charge is 0.349 e. The van der Waals surface area contributed by atoms with Crippen LogP contribution in [0.2, 0.25) is 0 Å². The summed E-state index contributed by atoms with van der Waals surface area (Å²) in [5.74, 6) is 0.636. The van der Waals surface area contributed by atoms with Crippen LogP contribution in [0.25, 0.3) is 0 Å². The van der Waals surface area contributed by atoms with E-state index < -0.39 is 4.92 Å². The molecular formula is C12H11BrN4O3. The lowest BCUT2D eigenvalue weighted by Crippen LogP contribution is -2.02. The van der Waals surface area contributed by atoms with E-state index in [9.17, 15) is 10.1 Å². The molecule has 1 aromatic carbocycles. The predicted molar refractivity (Wildman–Crippen MR) is 77.2 cm³/mol. The number of aromatic nitrogens is 2. The standard InChI is InChI=1S/C12H11BrN4O3/c1-7-3-4-8(13)5-10(7)20-11-9(17(18)19)6-15-12(14-2)16-11/h3-6H,1-2H3,(H,14,15,16). The molecule has 0 saturated carbocycles. The normalized spacial score (nSPS) is 10.2. The van der Waals surface area contributed by atoms with E-state index in [1.807, 2.05) is 19.1 Å². The van der Waals surface area contributed by atoms with Crippen molar-refractivity contribution in [2.45, 2.75) is 6.92 Å². The van der Waals surface area contributed by atoms with Gasteiger partial charge < -0.3 is 10.1 Å². The van der Waals surface area contributed by atoms with Gasteiger partial charge in [0.05, 0.1) is 4.92 Å². The molecule has 0 bridgehead atoms. The monoisotopic (exact) mass is 338 g/mol. The van der Waals surface area contributed by atoms with Crippen LogP contribution >= 0.6 is 15.9 Å². The van der Waals surface area contributed by atoms with E-state index >= 15 is 0 Å². The first kappa shape index (κ1) is 14.2. The average molecular weight is 339 g/mol. The van der Waals surface area contributed by atoms with Crippen LogP contribution in [0.3, 0.4) is 0 Å². The molecule has 104 valence electrons. The lowest BCUT2D eigenvalue weighted by molar-refractivity contribution is -0.386. The summed E-state index contributed by atoms with van der Waals surface area (Å²) in [6, 6.07) is 5.42. The Morgan fingerprint density at radius 3 is 2.85 bits per heavy atom. The number of rotatable bonds is 4. The van der Waals surface area contributed by atoms with Gasteiger partial charge in [-0.2, -0.15) is 4.98 Å². The van der Waals surface area contributed by atoms with E-state index in [0.29, 0.717) is 5.75 Å². The van der Waals surface area contributed by atoms with Crippen LogP contribution in [-0.4, -0.2) is 21.9 Å². The van der Waals surface area contributed by atoms with Crippen LogP contribution in [0, 0.1) is 17.0 Å². The lowest BCUT2D eigenvalue weighted by Gasteiger charge is -2.09. The maximum Gasteiger partial charge on any atom is 0.349 e. The van der Waals surface area contributed by atoms with Crippen molar-refractivity contribution in [3.63, 3.8) is 0 Å². The fraction of sp³-hybridized carbons (Fsp3) is 0.167. The van der Waals surface area contributed by atoms with E-state index in [2.05, 4.69) is 31.2 Å². The van der Waals surface area contributed by atoms with E-state index in [-0.39, 0.29) is 17.5 Å². The molecule has 0 spiro atoms. The third-order valence-corrected chi connectivity index (χ3v) is 3.01. The molecule has 7 nitrogen and oxygen atoms in total. The van der Waals surface area contributed by atoms with Gasteiger partial charge in [-0.3, -0.25) is 10.1 Å². The second-order valence-electron chi connectivity index (χ2n) is 3.90. The first-order chi connectivity index (χ1) is 9.51. The third kappa shape index (κ3) is 3.02. The van der Waals surface area contributed by atoms with Crippen molar-refractivity contribution < 1.29 is 9.66 Å². The highest BCUT2D eigenvalue weighted by Gasteiger charge is 2.20. The predicted octanol–water partition coefficient (Wildman–Crippen LogP) is 3.29. The first-order valence-electron chi connectivity index (χ1n) is 5.64. The molecule has 0 atom stereocenters. The number of nitrogens with one attached hydrogen (secondary N) is 1. The van der Waals surface area contributed by atoms with Crippen LogP contribution in [0.15, 0.2) is 28.9 Å². The number of nitro groups is 1. The molecule has 0 fully saturated rings. The molecule has 0 amide bonds. The Morgan fingerprint density at radius 1 is 1.45 bits per heavy atom. The minimum Gasteiger partial charge on any atom is -0.433 e. The summed E-state index contributed by atoms with van der Waals surface area (Å²) in [6.07, 6.45) is 1.11. The number of aryl methyl sites for hydroxylation is 1. The largest absolute Gasteiger partial charge is 0.433 e. The molecule has 0 saturated heterocycles. The fourth-order valence-corrected chi connectivity index (χ4v) is 1.81. The molecule has 0 unspecified atom stereocenters. The highest BCUT2D eigenvalue weighted by molar-refractivity contribution is 9.10. The van der Waals surface area contributed by atoms with Crippen LogP contribution in [0.1, 0.15) is 5.56 Å². The van der Waals surface area contributed by atoms with Gasteiger partial charge in [0.2, 0.25) is 5.95 Å². The van der Waals surface area contributed by atoms with Crippen molar-refractivity contribution in [3.8, 4) is 11.6 Å². The van der Waals surface area contributed by atoms with Crippen molar-refractivity contribution in [2.24, 2.45) is 0 Å². The molecule has 1 aromatic heterocycles. The summed E-state index contributed by atoms with van der Waals surface area (Å²) in [6.45, 7) is 1.84. The van der Waals surface area contributed by atoms with Gasteiger partial charge in [-0.15, -0.1) is 0 Å². The summed E-state index contributed by atoms with van der Waals surface area (Å²) in [5.41, 5.74) is 0.551. The van der Waals surface area contributed by atoms with E-state index in [0.717, 1.165) is 16.2 Å². The fourth-order valence-electron chi connectivity index (χ4n) is 1.47. The maximum absolute atomic E-state index is 11.0. The van der Waals surface area contributed by atoms with Gasteiger partial charge in [-0.1, -0.05) is 22.0 Å². The average Bonchev–Trinajstić information content (AvgIpc) is 2.42. The summed E-state index contributed by atoms with van der Waals surface area (Å²) in [7, 11) is 1.62. The molecule has 0 radical (unpaired) electrons. The third-order valence-electron chi connectivity index (χ3n) is 2.51. The van der Waals surface area contributed by atoms with Crippen LogP contribution < -0.4 is 10.1 Å². The van der Waals surface area contributed by atoms with Gasteiger partial charge in [-0.05, 0) is 24.6 Å². The van der Waals surface area contributed by atoms with Gasteiger partial charge in [0.25, 0.3) is 0 Å². The number of nitrogens with zero attached hydrogens (tertiary/aromatic N) is 3. The van der Waals surface area contributed by atoms with E-state index in [1.54, 1.807) is 13.1 Å². The molecule has 20 heavy (non-hydrogen) atoms. The Bertz CT molecular complexity index is 663. The summed E-state index contributed by atoms with van der Waals surface area (Å²) < 4.78 is 6.37. The van der Waals surface area contributed by atoms with Gasteiger partial charge in [0, 0.05) is 11.5 Å². The minimum atomic E-state index is -0.581. The number of halogens is 1. The van der Waals surface area contributed by atoms with Crippen molar-refractivity contribution in [3.05, 3.63) is 44.5 Å². The molecule has 2 rings (SSSR count). The molecule has 0 aliphatic carbocycles. The second-order valence-corrected chi connectivity index (χ2v) is 4.82. The topological polar surface area (TPSA) is 90.2 Å². The van der Waals surface area contributed by atoms with E-state index in [4.69, 9.17) is 4.74 Å². The first-order valence-corrected chi connectivity index (χ1v) is 6.43. The summed E-state index contributed by atoms with van der Waals surface area (Å²) >= 11 is 3.33. The molecule has 8 heteroatoms. The van der Waals surface area contributed by atoms with Crippen molar-refractivity contribution in [2.75, 3.05) is 12.4 Å². The van der Waals surface area contributed by atoms with Crippen molar-refractivity contribution in [1.29, 1.82) is 0 Å². The number of anilines is 1. The quantitative estimate of drug-likeness (QED) is 0.679. The van der Waals surface area contributed by atoms with Crippen LogP contribution in [0.5, 0.6) is 11.6 Å². The van der Waals surface area contributed by atoms with E-state index in [1.165, 1.54) is 0 Å². The Kier molecular flexibility index (Phi) is 4.14. The Hall–Kier alpha value is -2.22. The Morgan fingerprint density at radius 2 is 2.20 bits per heavy atom. The zero-order chi connectivity index (χ0) is 14.7. The summed E-state index contributed by atoms with van der Waals surface area (Å²) in [5, 5.41) is 13.7. The van der Waals surface area contributed by atoms with Crippen LogP contribution in [0.4, 0.5) is 11.6 Å². The number of hydrogen-bond donors (Lipinski definition) is 1.